The lowest BCUT2D eigenvalue weighted by atomic mass is 9.90. The van der Waals surface area contributed by atoms with Crippen molar-refractivity contribution in [3.05, 3.63) is 41.2 Å². The van der Waals surface area contributed by atoms with Crippen LogP contribution in [0.15, 0.2) is 24.3 Å². The predicted octanol–water partition coefficient (Wildman–Crippen LogP) is 2.26. The Kier molecular flexibility index (Phi) is 4.59. The van der Waals surface area contributed by atoms with Gasteiger partial charge in [-0.15, -0.1) is 10.2 Å². The Morgan fingerprint density at radius 1 is 1.27 bits per heavy atom. The number of H-pyrrole nitrogens is 1. The number of rotatable bonds is 5. The highest BCUT2D eigenvalue weighted by Crippen LogP contribution is 2.22. The molecule has 1 amide bonds. The third kappa shape index (κ3) is 3.32. The second-order valence-corrected chi connectivity index (χ2v) is 6.42. The summed E-state index contributed by atoms with van der Waals surface area (Å²) in [6.45, 7) is 8.49. The molecule has 0 radical (unpaired) electrons. The highest BCUT2D eigenvalue weighted by molar-refractivity contribution is 5.86. The fraction of sp³-hybridized carbons (Fsp3) is 0.500. The van der Waals surface area contributed by atoms with Gasteiger partial charge < -0.3 is 4.90 Å². The van der Waals surface area contributed by atoms with Gasteiger partial charge in [-0.1, -0.05) is 43.3 Å². The summed E-state index contributed by atoms with van der Waals surface area (Å²) in [6, 6.07) is 8.37. The van der Waals surface area contributed by atoms with E-state index in [1.165, 1.54) is 5.56 Å². The van der Waals surface area contributed by atoms with Crippen LogP contribution in [-0.2, 0) is 16.8 Å². The van der Waals surface area contributed by atoms with Crippen LogP contribution in [0, 0.1) is 0 Å². The molecule has 0 spiro atoms. The van der Waals surface area contributed by atoms with Crippen LogP contribution in [0.2, 0.25) is 0 Å². The van der Waals surface area contributed by atoms with Gasteiger partial charge in [0.2, 0.25) is 5.91 Å². The van der Waals surface area contributed by atoms with E-state index in [9.17, 15) is 4.79 Å². The molecule has 0 aliphatic rings. The minimum absolute atomic E-state index is 0.0400. The number of hydrogen-bond donors (Lipinski definition) is 1. The quantitative estimate of drug-likeness (QED) is 0.919. The van der Waals surface area contributed by atoms with E-state index in [-0.39, 0.29) is 5.91 Å². The number of benzene rings is 1. The standard InChI is InChI=1S/C16H23N5O/c1-11(2)13-8-6-12(7-9-13)10-21(5)15(22)16(3,4)14-17-19-20-18-14/h6-9,11H,10H2,1-5H3,(H,17,18,19,20). The maximum absolute atomic E-state index is 12.6. The summed E-state index contributed by atoms with van der Waals surface area (Å²) in [5.41, 5.74) is 1.59. The first kappa shape index (κ1) is 16.1. The summed E-state index contributed by atoms with van der Waals surface area (Å²) in [7, 11) is 1.79. The van der Waals surface area contributed by atoms with E-state index in [2.05, 4.69) is 58.7 Å². The second kappa shape index (κ2) is 6.25. The average molecular weight is 301 g/mol. The molecule has 0 bridgehead atoms. The highest BCUT2D eigenvalue weighted by Gasteiger charge is 2.36. The van der Waals surface area contributed by atoms with Crippen LogP contribution in [0.4, 0.5) is 0 Å². The number of amides is 1. The molecule has 6 heteroatoms. The SMILES string of the molecule is CC(C)c1ccc(CN(C)C(=O)C(C)(C)c2nn[nH]n2)cc1. The highest BCUT2D eigenvalue weighted by atomic mass is 16.2. The van der Waals surface area contributed by atoms with Gasteiger partial charge in [0.25, 0.3) is 0 Å². The predicted molar refractivity (Wildman–Crippen MR) is 84.2 cm³/mol. The lowest BCUT2D eigenvalue weighted by Crippen LogP contribution is -2.41. The third-order valence-corrected chi connectivity index (χ3v) is 3.85. The lowest BCUT2D eigenvalue weighted by Gasteiger charge is -2.27. The molecule has 0 saturated heterocycles. The zero-order chi connectivity index (χ0) is 16.3. The van der Waals surface area contributed by atoms with Crippen molar-refractivity contribution in [3.8, 4) is 0 Å². The van der Waals surface area contributed by atoms with Gasteiger partial charge in [0.15, 0.2) is 5.82 Å². The average Bonchev–Trinajstić information content (AvgIpc) is 3.01. The van der Waals surface area contributed by atoms with E-state index < -0.39 is 5.41 Å². The Labute approximate surface area is 130 Å². The van der Waals surface area contributed by atoms with E-state index in [0.29, 0.717) is 18.3 Å². The van der Waals surface area contributed by atoms with Crippen molar-refractivity contribution in [2.75, 3.05) is 7.05 Å². The van der Waals surface area contributed by atoms with Crippen LogP contribution in [-0.4, -0.2) is 38.5 Å². The molecule has 0 saturated carbocycles. The van der Waals surface area contributed by atoms with Crippen LogP contribution in [0.5, 0.6) is 0 Å². The van der Waals surface area contributed by atoms with E-state index >= 15 is 0 Å². The first-order valence-corrected chi connectivity index (χ1v) is 7.40. The van der Waals surface area contributed by atoms with Crippen molar-refractivity contribution in [3.63, 3.8) is 0 Å². The number of aromatic amines is 1. The fourth-order valence-electron chi connectivity index (χ4n) is 2.35. The van der Waals surface area contributed by atoms with Crippen molar-refractivity contribution >= 4 is 5.91 Å². The molecule has 1 aromatic carbocycles. The van der Waals surface area contributed by atoms with E-state index in [4.69, 9.17) is 0 Å². The summed E-state index contributed by atoms with van der Waals surface area (Å²) in [5.74, 6) is 0.868. The van der Waals surface area contributed by atoms with E-state index in [0.717, 1.165) is 5.56 Å². The maximum atomic E-state index is 12.6. The number of carbonyl (C=O) groups is 1. The van der Waals surface area contributed by atoms with Gasteiger partial charge >= 0.3 is 0 Å². The van der Waals surface area contributed by atoms with Crippen molar-refractivity contribution in [2.24, 2.45) is 0 Å². The molecule has 1 N–H and O–H groups in total. The van der Waals surface area contributed by atoms with Crippen molar-refractivity contribution in [2.45, 2.75) is 45.6 Å². The summed E-state index contributed by atoms with van der Waals surface area (Å²) >= 11 is 0. The van der Waals surface area contributed by atoms with Crippen LogP contribution in [0.1, 0.15) is 50.6 Å². The Morgan fingerprint density at radius 3 is 2.41 bits per heavy atom. The number of carbonyl (C=O) groups excluding carboxylic acids is 1. The van der Waals surface area contributed by atoms with Gasteiger partial charge in [-0.25, -0.2) is 0 Å². The molecular formula is C16H23N5O. The Balaban J connectivity index is 2.08. The number of nitrogens with zero attached hydrogens (tertiary/aromatic N) is 4. The van der Waals surface area contributed by atoms with Crippen LogP contribution >= 0.6 is 0 Å². The van der Waals surface area contributed by atoms with Crippen molar-refractivity contribution < 1.29 is 4.79 Å². The molecule has 2 rings (SSSR count). The van der Waals surface area contributed by atoms with Crippen LogP contribution in [0.25, 0.3) is 0 Å². The van der Waals surface area contributed by atoms with Gasteiger partial charge in [0.1, 0.15) is 5.41 Å². The Hall–Kier alpha value is -2.24. The van der Waals surface area contributed by atoms with Gasteiger partial charge in [0, 0.05) is 13.6 Å². The smallest absolute Gasteiger partial charge is 0.236 e. The normalized spacial score (nSPS) is 11.7. The number of hydrogen-bond acceptors (Lipinski definition) is 4. The topological polar surface area (TPSA) is 74.8 Å². The molecule has 0 aliphatic carbocycles. The number of nitrogens with one attached hydrogen (secondary N) is 1. The minimum atomic E-state index is -0.806. The molecule has 0 atom stereocenters. The second-order valence-electron chi connectivity index (χ2n) is 6.42. The maximum Gasteiger partial charge on any atom is 0.236 e. The molecule has 0 aliphatic heterocycles. The summed E-state index contributed by atoms with van der Waals surface area (Å²) in [4.78, 5) is 14.3. The van der Waals surface area contributed by atoms with Crippen LogP contribution in [0.3, 0.4) is 0 Å². The third-order valence-electron chi connectivity index (χ3n) is 3.85. The van der Waals surface area contributed by atoms with Crippen LogP contribution < -0.4 is 0 Å². The lowest BCUT2D eigenvalue weighted by molar-refractivity contribution is -0.135. The van der Waals surface area contributed by atoms with Crippen molar-refractivity contribution in [1.82, 2.24) is 25.5 Å². The summed E-state index contributed by atoms with van der Waals surface area (Å²) in [6.07, 6.45) is 0. The van der Waals surface area contributed by atoms with Gasteiger partial charge in [-0.3, -0.25) is 4.79 Å². The molecule has 0 unspecified atom stereocenters. The Morgan fingerprint density at radius 2 is 1.91 bits per heavy atom. The molecule has 1 aromatic heterocycles. The number of tetrazole rings is 1. The number of aromatic nitrogens is 4. The van der Waals surface area contributed by atoms with E-state index in [1.807, 2.05) is 0 Å². The molecule has 1 heterocycles. The molecule has 118 valence electrons. The first-order valence-electron chi connectivity index (χ1n) is 7.40. The van der Waals surface area contributed by atoms with Gasteiger partial charge in [0.05, 0.1) is 0 Å². The first-order chi connectivity index (χ1) is 10.3. The molecule has 22 heavy (non-hydrogen) atoms. The molecular weight excluding hydrogens is 278 g/mol. The van der Waals surface area contributed by atoms with E-state index in [1.54, 1.807) is 25.8 Å². The largest absolute Gasteiger partial charge is 0.341 e. The molecule has 2 aromatic rings. The molecule has 0 fully saturated rings. The number of likely N-dealkylation sites (N-methyl/N-ethyl adjacent to an activating group) is 1. The Bertz CT molecular complexity index is 616. The van der Waals surface area contributed by atoms with Crippen molar-refractivity contribution in [1.29, 1.82) is 0 Å². The minimum Gasteiger partial charge on any atom is -0.341 e. The summed E-state index contributed by atoms with van der Waals surface area (Å²) < 4.78 is 0. The summed E-state index contributed by atoms with van der Waals surface area (Å²) in [5, 5.41) is 13.8. The monoisotopic (exact) mass is 301 g/mol. The fourth-order valence-corrected chi connectivity index (χ4v) is 2.35. The zero-order valence-electron chi connectivity index (χ0n) is 13.8. The zero-order valence-corrected chi connectivity index (χ0v) is 13.8. The van der Waals surface area contributed by atoms with Gasteiger partial charge in [-0.2, -0.15) is 5.21 Å². The molecule has 6 nitrogen and oxygen atoms in total. The van der Waals surface area contributed by atoms with Gasteiger partial charge in [-0.05, 0) is 30.9 Å².